The number of halogens is 2. The van der Waals surface area contributed by atoms with Crippen LogP contribution in [0.2, 0.25) is 0 Å². The van der Waals surface area contributed by atoms with Gasteiger partial charge in [-0.15, -0.1) is 23.2 Å². The fraction of sp³-hybridized carbons (Fsp3) is 0.333. The van der Waals surface area contributed by atoms with Crippen LogP contribution in [0, 0.1) is 0 Å². The molecule has 2 aliphatic rings. The summed E-state index contributed by atoms with van der Waals surface area (Å²) in [5.74, 6) is 0. The summed E-state index contributed by atoms with van der Waals surface area (Å²) in [5, 5.41) is 10.6. The minimum absolute atomic E-state index is 0.712. The van der Waals surface area contributed by atoms with Gasteiger partial charge in [-0.2, -0.15) is 0 Å². The Kier molecular flexibility index (Phi) is 3.06. The van der Waals surface area contributed by atoms with Crippen molar-refractivity contribution < 1.29 is 5.11 Å². The van der Waals surface area contributed by atoms with E-state index in [0.717, 1.165) is 11.1 Å². The Morgan fingerprint density at radius 3 is 1.80 bits per heavy atom. The summed E-state index contributed by atoms with van der Waals surface area (Å²) in [6.07, 6.45) is 13.0. The monoisotopic (exact) mass is 242 g/mol. The van der Waals surface area contributed by atoms with Gasteiger partial charge in [0.15, 0.2) is 0 Å². The smallest absolute Gasteiger partial charge is 0.144 e. The third kappa shape index (κ3) is 1.80. The SMILES string of the molecule is OC(C1=CC=CC1)(C1=CC=CC1)C(Cl)Cl. The first-order valence-electron chi connectivity index (χ1n) is 4.88. The van der Waals surface area contributed by atoms with Crippen LogP contribution in [-0.2, 0) is 0 Å². The molecule has 3 heteroatoms. The Hall–Kier alpha value is -0.500. The molecule has 0 bridgehead atoms. The van der Waals surface area contributed by atoms with Gasteiger partial charge in [0.2, 0.25) is 0 Å². The van der Waals surface area contributed by atoms with E-state index in [2.05, 4.69) is 0 Å². The van der Waals surface area contributed by atoms with Gasteiger partial charge in [0.05, 0.1) is 0 Å². The first-order chi connectivity index (χ1) is 7.15. The fourth-order valence-corrected chi connectivity index (χ4v) is 2.51. The third-order valence-corrected chi connectivity index (χ3v) is 3.47. The van der Waals surface area contributed by atoms with Crippen LogP contribution < -0.4 is 0 Å². The van der Waals surface area contributed by atoms with Gasteiger partial charge in [-0.3, -0.25) is 0 Å². The summed E-state index contributed by atoms with van der Waals surface area (Å²) in [7, 11) is 0. The molecule has 0 amide bonds. The maximum absolute atomic E-state index is 10.6. The second kappa shape index (κ2) is 4.17. The summed E-state index contributed by atoms with van der Waals surface area (Å²) >= 11 is 11.8. The lowest BCUT2D eigenvalue weighted by molar-refractivity contribution is 0.128. The Balaban J connectivity index is 2.32. The van der Waals surface area contributed by atoms with E-state index < -0.39 is 10.4 Å². The lowest BCUT2D eigenvalue weighted by atomic mass is 9.86. The molecule has 0 aliphatic heterocycles. The highest BCUT2D eigenvalue weighted by molar-refractivity contribution is 6.45. The maximum Gasteiger partial charge on any atom is 0.144 e. The molecular weight excluding hydrogens is 231 g/mol. The topological polar surface area (TPSA) is 20.2 Å². The summed E-state index contributed by atoms with van der Waals surface area (Å²) in [6, 6.07) is 0. The molecule has 0 aromatic carbocycles. The van der Waals surface area contributed by atoms with Crippen molar-refractivity contribution in [3.05, 3.63) is 47.6 Å². The molecule has 0 heterocycles. The molecule has 0 saturated carbocycles. The van der Waals surface area contributed by atoms with Crippen LogP contribution >= 0.6 is 23.2 Å². The van der Waals surface area contributed by atoms with Gasteiger partial charge < -0.3 is 5.11 Å². The minimum Gasteiger partial charge on any atom is -0.378 e. The number of aliphatic hydroxyl groups is 1. The molecule has 15 heavy (non-hydrogen) atoms. The van der Waals surface area contributed by atoms with Crippen molar-refractivity contribution in [2.45, 2.75) is 23.3 Å². The molecule has 0 atom stereocenters. The van der Waals surface area contributed by atoms with E-state index in [0.29, 0.717) is 12.8 Å². The van der Waals surface area contributed by atoms with Gasteiger partial charge in [-0.1, -0.05) is 36.5 Å². The van der Waals surface area contributed by atoms with Crippen LogP contribution in [0.1, 0.15) is 12.8 Å². The molecule has 1 nitrogen and oxygen atoms in total. The zero-order valence-electron chi connectivity index (χ0n) is 8.16. The molecule has 0 radical (unpaired) electrons. The van der Waals surface area contributed by atoms with Gasteiger partial charge >= 0.3 is 0 Å². The summed E-state index contributed by atoms with van der Waals surface area (Å²) in [5.41, 5.74) is 0.524. The number of hydrogen-bond donors (Lipinski definition) is 1. The Bertz CT molecular complexity index is 345. The van der Waals surface area contributed by atoms with Crippen molar-refractivity contribution in [1.82, 2.24) is 0 Å². The van der Waals surface area contributed by atoms with E-state index in [1.54, 1.807) is 0 Å². The second-order valence-electron chi connectivity index (χ2n) is 3.72. The van der Waals surface area contributed by atoms with E-state index in [4.69, 9.17) is 23.2 Å². The Morgan fingerprint density at radius 1 is 1.07 bits per heavy atom. The van der Waals surface area contributed by atoms with E-state index in [1.165, 1.54) is 0 Å². The zero-order chi connectivity index (χ0) is 10.9. The summed E-state index contributed by atoms with van der Waals surface area (Å²) < 4.78 is 0. The van der Waals surface area contributed by atoms with Crippen LogP contribution in [0.15, 0.2) is 47.6 Å². The van der Waals surface area contributed by atoms with Gasteiger partial charge in [0.25, 0.3) is 0 Å². The fourth-order valence-electron chi connectivity index (χ4n) is 1.95. The average Bonchev–Trinajstić information content (AvgIpc) is 2.89. The van der Waals surface area contributed by atoms with Crippen LogP contribution in [-0.4, -0.2) is 15.5 Å². The van der Waals surface area contributed by atoms with E-state index in [-0.39, 0.29) is 0 Å². The predicted molar refractivity (Wildman–Crippen MR) is 64.1 cm³/mol. The number of alkyl halides is 2. The second-order valence-corrected chi connectivity index (χ2v) is 4.81. The van der Waals surface area contributed by atoms with Crippen LogP contribution in [0.3, 0.4) is 0 Å². The number of rotatable bonds is 3. The van der Waals surface area contributed by atoms with E-state index >= 15 is 0 Å². The lowest BCUT2D eigenvalue weighted by Gasteiger charge is -2.32. The van der Waals surface area contributed by atoms with Crippen molar-refractivity contribution in [2.75, 3.05) is 0 Å². The predicted octanol–water partition coefficient (Wildman–Crippen LogP) is 3.29. The van der Waals surface area contributed by atoms with Crippen LogP contribution in [0.5, 0.6) is 0 Å². The average molecular weight is 243 g/mol. The number of allylic oxidation sites excluding steroid dienone is 6. The molecule has 0 aromatic heterocycles. The molecular formula is C12H12Cl2O. The Morgan fingerprint density at radius 2 is 1.53 bits per heavy atom. The van der Waals surface area contributed by atoms with Crippen molar-refractivity contribution in [3.63, 3.8) is 0 Å². The van der Waals surface area contributed by atoms with Gasteiger partial charge in [-0.05, 0) is 24.0 Å². The molecule has 2 rings (SSSR count). The van der Waals surface area contributed by atoms with Crippen LogP contribution in [0.4, 0.5) is 0 Å². The highest BCUT2D eigenvalue weighted by atomic mass is 35.5. The minimum atomic E-state index is -1.21. The number of hydrogen-bond acceptors (Lipinski definition) is 1. The van der Waals surface area contributed by atoms with E-state index in [9.17, 15) is 5.11 Å². The third-order valence-electron chi connectivity index (χ3n) is 2.84. The standard InChI is InChI=1S/C12H12Cl2O/c13-11(14)12(15,9-5-1-2-6-9)10-7-3-4-8-10/h1-5,7,11,15H,6,8H2. The van der Waals surface area contributed by atoms with Crippen molar-refractivity contribution in [3.8, 4) is 0 Å². The normalized spacial score (nSPS) is 20.0. The molecule has 80 valence electrons. The first-order valence-corrected chi connectivity index (χ1v) is 5.76. The molecule has 0 spiro atoms. The first kappa shape index (κ1) is 11.0. The molecule has 2 aliphatic carbocycles. The maximum atomic E-state index is 10.6. The molecule has 0 saturated heterocycles. The van der Waals surface area contributed by atoms with Gasteiger partial charge in [-0.25, -0.2) is 0 Å². The van der Waals surface area contributed by atoms with Crippen molar-refractivity contribution >= 4 is 23.2 Å². The quantitative estimate of drug-likeness (QED) is 0.754. The van der Waals surface area contributed by atoms with Gasteiger partial charge in [0.1, 0.15) is 10.4 Å². The lowest BCUT2D eigenvalue weighted by Crippen LogP contribution is -2.39. The van der Waals surface area contributed by atoms with Crippen molar-refractivity contribution in [1.29, 1.82) is 0 Å². The largest absolute Gasteiger partial charge is 0.378 e. The zero-order valence-corrected chi connectivity index (χ0v) is 9.67. The molecule has 0 fully saturated rings. The van der Waals surface area contributed by atoms with E-state index in [1.807, 2.05) is 36.5 Å². The van der Waals surface area contributed by atoms with Crippen LogP contribution in [0.25, 0.3) is 0 Å². The summed E-state index contributed by atoms with van der Waals surface area (Å²) in [4.78, 5) is -0.838. The molecule has 1 N–H and O–H groups in total. The molecule has 0 aromatic rings. The van der Waals surface area contributed by atoms with Gasteiger partial charge in [0, 0.05) is 0 Å². The Labute approximate surface area is 99.4 Å². The summed E-state index contributed by atoms with van der Waals surface area (Å²) in [6.45, 7) is 0. The van der Waals surface area contributed by atoms with Crippen molar-refractivity contribution in [2.24, 2.45) is 0 Å². The highest BCUT2D eigenvalue weighted by Crippen LogP contribution is 2.41. The highest BCUT2D eigenvalue weighted by Gasteiger charge is 2.41. The molecule has 0 unspecified atom stereocenters.